The summed E-state index contributed by atoms with van der Waals surface area (Å²) in [4.78, 5) is 16.7. The highest BCUT2D eigenvalue weighted by Crippen LogP contribution is 2.34. The molecule has 0 bridgehead atoms. The van der Waals surface area contributed by atoms with Crippen LogP contribution in [0, 0.1) is 6.92 Å². The standard InChI is InChI=1S/C17H18N2O2/c1-12-6-5-7-13(16(12)20)17(21)19-11-10-18(2)14-8-3-4-9-15(14)19/h3-9,20H,10-11H2,1-2H3. The highest BCUT2D eigenvalue weighted by molar-refractivity contribution is 6.10. The molecule has 3 rings (SSSR count). The van der Waals surface area contributed by atoms with Crippen LogP contribution < -0.4 is 9.80 Å². The van der Waals surface area contributed by atoms with Gasteiger partial charge in [-0.1, -0.05) is 24.3 Å². The van der Waals surface area contributed by atoms with Crippen LogP contribution in [0.1, 0.15) is 15.9 Å². The summed E-state index contributed by atoms with van der Waals surface area (Å²) in [6, 6.07) is 13.1. The fraction of sp³-hybridized carbons (Fsp3) is 0.235. The number of benzene rings is 2. The van der Waals surface area contributed by atoms with E-state index in [4.69, 9.17) is 0 Å². The van der Waals surface area contributed by atoms with Gasteiger partial charge in [-0.25, -0.2) is 0 Å². The van der Waals surface area contributed by atoms with Crippen molar-refractivity contribution in [3.05, 3.63) is 53.6 Å². The lowest BCUT2D eigenvalue weighted by molar-refractivity contribution is 0.0984. The summed E-state index contributed by atoms with van der Waals surface area (Å²) < 4.78 is 0. The maximum absolute atomic E-state index is 12.8. The molecule has 0 saturated carbocycles. The Balaban J connectivity index is 2.03. The quantitative estimate of drug-likeness (QED) is 0.874. The van der Waals surface area contributed by atoms with Crippen molar-refractivity contribution in [2.24, 2.45) is 0 Å². The number of likely N-dealkylation sites (N-methyl/N-ethyl adjacent to an activating group) is 1. The van der Waals surface area contributed by atoms with Crippen molar-refractivity contribution in [3.63, 3.8) is 0 Å². The first kappa shape index (κ1) is 13.5. The van der Waals surface area contributed by atoms with Gasteiger partial charge in [0.05, 0.1) is 16.9 Å². The molecule has 1 N–H and O–H groups in total. The van der Waals surface area contributed by atoms with Gasteiger partial charge in [-0.3, -0.25) is 4.79 Å². The first-order valence-electron chi connectivity index (χ1n) is 7.00. The molecule has 1 aliphatic heterocycles. The van der Waals surface area contributed by atoms with Crippen molar-refractivity contribution in [1.29, 1.82) is 0 Å². The van der Waals surface area contributed by atoms with E-state index in [9.17, 15) is 9.90 Å². The summed E-state index contributed by atoms with van der Waals surface area (Å²) >= 11 is 0. The zero-order valence-corrected chi connectivity index (χ0v) is 12.2. The first-order valence-corrected chi connectivity index (χ1v) is 7.00. The molecule has 1 amide bonds. The molecule has 21 heavy (non-hydrogen) atoms. The molecule has 0 unspecified atom stereocenters. The number of anilines is 2. The van der Waals surface area contributed by atoms with E-state index in [0.29, 0.717) is 17.7 Å². The van der Waals surface area contributed by atoms with Crippen molar-refractivity contribution in [2.45, 2.75) is 6.92 Å². The molecule has 2 aromatic carbocycles. The average molecular weight is 282 g/mol. The molecule has 4 heteroatoms. The smallest absolute Gasteiger partial charge is 0.262 e. The normalized spacial score (nSPS) is 14.0. The van der Waals surface area contributed by atoms with Gasteiger partial charge in [0.25, 0.3) is 5.91 Å². The number of amides is 1. The van der Waals surface area contributed by atoms with Crippen molar-refractivity contribution in [3.8, 4) is 5.75 Å². The van der Waals surface area contributed by atoms with E-state index in [1.807, 2.05) is 31.3 Å². The highest BCUT2D eigenvalue weighted by atomic mass is 16.3. The van der Waals surface area contributed by atoms with E-state index in [-0.39, 0.29) is 11.7 Å². The number of carbonyl (C=O) groups excluding carboxylic acids is 1. The van der Waals surface area contributed by atoms with Crippen LogP contribution in [0.5, 0.6) is 5.75 Å². The van der Waals surface area contributed by atoms with Gasteiger partial charge in [0.2, 0.25) is 0 Å². The van der Waals surface area contributed by atoms with Crippen molar-refractivity contribution < 1.29 is 9.90 Å². The van der Waals surface area contributed by atoms with Crippen LogP contribution in [-0.2, 0) is 0 Å². The second-order valence-electron chi connectivity index (χ2n) is 5.34. The molecule has 0 atom stereocenters. The molecule has 4 nitrogen and oxygen atoms in total. The Morgan fingerprint density at radius 3 is 2.52 bits per heavy atom. The van der Waals surface area contributed by atoms with Crippen LogP contribution in [0.3, 0.4) is 0 Å². The molecule has 108 valence electrons. The molecule has 0 fully saturated rings. The molecule has 0 aliphatic carbocycles. The van der Waals surface area contributed by atoms with E-state index in [1.165, 1.54) is 0 Å². The Hall–Kier alpha value is -2.49. The second-order valence-corrected chi connectivity index (χ2v) is 5.34. The van der Waals surface area contributed by atoms with Gasteiger partial charge in [-0.05, 0) is 30.7 Å². The third-order valence-corrected chi connectivity index (χ3v) is 3.96. The predicted octanol–water partition coefficient (Wildman–Crippen LogP) is 2.80. The number of nitrogens with zero attached hydrogens (tertiary/aromatic N) is 2. The Labute approximate surface area is 124 Å². The lowest BCUT2D eigenvalue weighted by Gasteiger charge is -2.35. The molecule has 0 radical (unpaired) electrons. The fourth-order valence-corrected chi connectivity index (χ4v) is 2.69. The van der Waals surface area contributed by atoms with Crippen molar-refractivity contribution in [2.75, 3.05) is 29.9 Å². The minimum atomic E-state index is -0.156. The lowest BCUT2D eigenvalue weighted by Crippen LogP contribution is -2.42. The van der Waals surface area contributed by atoms with Gasteiger partial charge in [0, 0.05) is 20.1 Å². The van der Waals surface area contributed by atoms with Crippen LogP contribution in [0.2, 0.25) is 0 Å². The Morgan fingerprint density at radius 2 is 1.76 bits per heavy atom. The van der Waals surface area contributed by atoms with Crippen LogP contribution >= 0.6 is 0 Å². The monoisotopic (exact) mass is 282 g/mol. The SMILES string of the molecule is Cc1cccc(C(=O)N2CCN(C)c3ccccc32)c1O. The van der Waals surface area contributed by atoms with Gasteiger partial charge >= 0.3 is 0 Å². The van der Waals surface area contributed by atoms with Crippen LogP contribution in [-0.4, -0.2) is 31.2 Å². The number of para-hydroxylation sites is 3. The van der Waals surface area contributed by atoms with E-state index < -0.39 is 0 Å². The third-order valence-electron chi connectivity index (χ3n) is 3.96. The maximum atomic E-state index is 12.8. The minimum Gasteiger partial charge on any atom is -0.507 e. The van der Waals surface area contributed by atoms with E-state index in [1.54, 1.807) is 30.0 Å². The zero-order valence-electron chi connectivity index (χ0n) is 12.2. The molecule has 2 aromatic rings. The molecule has 0 aromatic heterocycles. The Morgan fingerprint density at radius 1 is 1.05 bits per heavy atom. The van der Waals surface area contributed by atoms with Gasteiger partial charge in [0.15, 0.2) is 0 Å². The number of carbonyl (C=O) groups is 1. The molecule has 0 saturated heterocycles. The molecule has 0 spiro atoms. The number of phenolic OH excluding ortho intramolecular Hbond substituents is 1. The van der Waals surface area contributed by atoms with Crippen LogP contribution in [0.15, 0.2) is 42.5 Å². The average Bonchev–Trinajstić information content (AvgIpc) is 2.50. The van der Waals surface area contributed by atoms with Gasteiger partial charge in [-0.15, -0.1) is 0 Å². The largest absolute Gasteiger partial charge is 0.507 e. The molecular formula is C17H18N2O2. The number of aryl methyl sites for hydroxylation is 1. The number of hydrogen-bond donors (Lipinski definition) is 1. The number of fused-ring (bicyclic) bond motifs is 1. The predicted molar refractivity (Wildman–Crippen MR) is 84.2 cm³/mol. The van der Waals surface area contributed by atoms with E-state index in [2.05, 4.69) is 4.90 Å². The molecular weight excluding hydrogens is 264 g/mol. The zero-order chi connectivity index (χ0) is 15.0. The molecule has 1 aliphatic rings. The van der Waals surface area contributed by atoms with Gasteiger partial charge in [-0.2, -0.15) is 0 Å². The fourth-order valence-electron chi connectivity index (χ4n) is 2.69. The second kappa shape index (κ2) is 5.13. The third kappa shape index (κ3) is 2.23. The van der Waals surface area contributed by atoms with Gasteiger partial charge in [0.1, 0.15) is 5.75 Å². The van der Waals surface area contributed by atoms with Crippen molar-refractivity contribution in [1.82, 2.24) is 0 Å². The number of aromatic hydroxyl groups is 1. The summed E-state index contributed by atoms with van der Waals surface area (Å²) in [6.07, 6.45) is 0. The van der Waals surface area contributed by atoms with E-state index in [0.717, 1.165) is 17.9 Å². The number of hydrogen-bond acceptors (Lipinski definition) is 3. The Kier molecular flexibility index (Phi) is 3.29. The van der Waals surface area contributed by atoms with Crippen LogP contribution in [0.4, 0.5) is 11.4 Å². The molecule has 1 heterocycles. The Bertz CT molecular complexity index is 697. The summed E-state index contributed by atoms with van der Waals surface area (Å²) in [5, 5.41) is 10.1. The summed E-state index contributed by atoms with van der Waals surface area (Å²) in [6.45, 7) is 3.18. The highest BCUT2D eigenvalue weighted by Gasteiger charge is 2.27. The van der Waals surface area contributed by atoms with Crippen LogP contribution in [0.25, 0.3) is 0 Å². The minimum absolute atomic E-state index is 0.0684. The number of phenols is 1. The van der Waals surface area contributed by atoms with Gasteiger partial charge < -0.3 is 14.9 Å². The number of rotatable bonds is 1. The summed E-state index contributed by atoms with van der Waals surface area (Å²) in [5.41, 5.74) is 2.99. The summed E-state index contributed by atoms with van der Waals surface area (Å²) in [5.74, 6) is -0.0874. The topological polar surface area (TPSA) is 43.8 Å². The summed E-state index contributed by atoms with van der Waals surface area (Å²) in [7, 11) is 2.02. The lowest BCUT2D eigenvalue weighted by atomic mass is 10.1. The van der Waals surface area contributed by atoms with Crippen molar-refractivity contribution >= 4 is 17.3 Å². The maximum Gasteiger partial charge on any atom is 0.262 e. The van der Waals surface area contributed by atoms with E-state index >= 15 is 0 Å². The first-order chi connectivity index (χ1) is 10.1.